The monoisotopic (exact) mass is 253 g/mol. The molecule has 100 valence electrons. The summed E-state index contributed by atoms with van der Waals surface area (Å²) in [6.07, 6.45) is 1.54. The van der Waals surface area contributed by atoms with Crippen molar-refractivity contribution in [1.29, 1.82) is 0 Å². The van der Waals surface area contributed by atoms with Crippen LogP contribution in [0.5, 0.6) is 5.88 Å². The summed E-state index contributed by atoms with van der Waals surface area (Å²) in [5.74, 6) is 0.435. The van der Waals surface area contributed by atoms with E-state index in [1.165, 1.54) is 6.20 Å². The van der Waals surface area contributed by atoms with Crippen LogP contribution in [0.15, 0.2) is 23.5 Å². The van der Waals surface area contributed by atoms with Gasteiger partial charge in [0, 0.05) is 17.8 Å². The van der Waals surface area contributed by atoms with Gasteiger partial charge in [-0.2, -0.15) is 0 Å². The van der Waals surface area contributed by atoms with Gasteiger partial charge in [0.1, 0.15) is 6.61 Å². The molecule has 6 heteroatoms. The van der Waals surface area contributed by atoms with E-state index in [1.54, 1.807) is 12.1 Å². The maximum atomic E-state index is 8.56. The largest absolute Gasteiger partial charge is 0.475 e. The topological polar surface area (TPSA) is 90.0 Å². The fraction of sp³-hybridized carbons (Fsp3) is 0.500. The Morgan fingerprint density at radius 1 is 1.44 bits per heavy atom. The zero-order valence-electron chi connectivity index (χ0n) is 10.9. The Morgan fingerprint density at radius 2 is 2.17 bits per heavy atom. The SMILES string of the molecule is CC(C)(C)OCCOc1cc(/C(N)=N/O)ccn1. The highest BCUT2D eigenvalue weighted by Crippen LogP contribution is 2.10. The summed E-state index contributed by atoms with van der Waals surface area (Å²) in [5, 5.41) is 11.5. The van der Waals surface area contributed by atoms with Gasteiger partial charge in [-0.25, -0.2) is 4.98 Å². The summed E-state index contributed by atoms with van der Waals surface area (Å²) in [6.45, 7) is 6.79. The van der Waals surface area contributed by atoms with Gasteiger partial charge in [0.15, 0.2) is 5.84 Å². The molecular formula is C12H19N3O3. The summed E-state index contributed by atoms with van der Waals surface area (Å²) in [4.78, 5) is 4.02. The lowest BCUT2D eigenvalue weighted by Crippen LogP contribution is -2.22. The van der Waals surface area contributed by atoms with Crippen LogP contribution in [0.3, 0.4) is 0 Å². The molecule has 0 spiro atoms. The Morgan fingerprint density at radius 3 is 2.78 bits per heavy atom. The quantitative estimate of drug-likeness (QED) is 0.272. The molecule has 1 heterocycles. The van der Waals surface area contributed by atoms with E-state index >= 15 is 0 Å². The first-order valence-electron chi connectivity index (χ1n) is 5.63. The molecule has 0 amide bonds. The van der Waals surface area contributed by atoms with Gasteiger partial charge in [-0.05, 0) is 26.8 Å². The van der Waals surface area contributed by atoms with E-state index in [0.717, 1.165) is 0 Å². The molecule has 0 saturated heterocycles. The predicted octanol–water partition coefficient (Wildman–Crippen LogP) is 1.37. The number of hydrogen-bond acceptors (Lipinski definition) is 5. The van der Waals surface area contributed by atoms with E-state index in [1.807, 2.05) is 20.8 Å². The third kappa shape index (κ3) is 5.01. The van der Waals surface area contributed by atoms with Crippen molar-refractivity contribution in [2.24, 2.45) is 10.9 Å². The van der Waals surface area contributed by atoms with Crippen LogP contribution in [0.2, 0.25) is 0 Å². The minimum absolute atomic E-state index is 0.0215. The van der Waals surface area contributed by atoms with Crippen molar-refractivity contribution in [3.63, 3.8) is 0 Å². The van der Waals surface area contributed by atoms with Gasteiger partial charge in [0.25, 0.3) is 0 Å². The Bertz CT molecular complexity index is 413. The first-order chi connectivity index (χ1) is 8.42. The van der Waals surface area contributed by atoms with Crippen LogP contribution in [0, 0.1) is 0 Å². The molecule has 0 saturated carbocycles. The number of hydrogen-bond donors (Lipinski definition) is 2. The van der Waals surface area contributed by atoms with Crippen LogP contribution >= 0.6 is 0 Å². The molecule has 0 radical (unpaired) electrons. The van der Waals surface area contributed by atoms with E-state index in [4.69, 9.17) is 20.4 Å². The Labute approximate surface area is 106 Å². The molecule has 1 aromatic heterocycles. The molecule has 6 nitrogen and oxygen atoms in total. The van der Waals surface area contributed by atoms with E-state index in [9.17, 15) is 0 Å². The van der Waals surface area contributed by atoms with Crippen molar-refractivity contribution in [3.8, 4) is 5.88 Å². The van der Waals surface area contributed by atoms with Crippen molar-refractivity contribution in [2.45, 2.75) is 26.4 Å². The average Bonchev–Trinajstić information content (AvgIpc) is 2.33. The van der Waals surface area contributed by atoms with E-state index in [-0.39, 0.29) is 11.4 Å². The number of aromatic nitrogens is 1. The Kier molecular flexibility index (Phi) is 4.91. The molecule has 0 aliphatic heterocycles. The summed E-state index contributed by atoms with van der Waals surface area (Å²) in [7, 11) is 0. The number of ether oxygens (including phenoxy) is 2. The van der Waals surface area contributed by atoms with Crippen molar-refractivity contribution in [2.75, 3.05) is 13.2 Å². The fourth-order valence-electron chi connectivity index (χ4n) is 1.20. The highest BCUT2D eigenvalue weighted by molar-refractivity contribution is 5.97. The molecule has 1 rings (SSSR count). The minimum Gasteiger partial charge on any atom is -0.475 e. The molecule has 0 atom stereocenters. The molecule has 0 aliphatic carbocycles. The van der Waals surface area contributed by atoms with Crippen LogP contribution in [-0.2, 0) is 4.74 Å². The fourth-order valence-corrected chi connectivity index (χ4v) is 1.20. The number of nitrogens with two attached hydrogens (primary N) is 1. The first-order valence-corrected chi connectivity index (χ1v) is 5.63. The normalized spacial score (nSPS) is 12.5. The maximum Gasteiger partial charge on any atom is 0.213 e. The first kappa shape index (κ1) is 14.2. The summed E-state index contributed by atoms with van der Waals surface area (Å²) in [6, 6.07) is 3.24. The summed E-state index contributed by atoms with van der Waals surface area (Å²) < 4.78 is 10.9. The third-order valence-corrected chi connectivity index (χ3v) is 2.01. The van der Waals surface area contributed by atoms with E-state index < -0.39 is 0 Å². The molecule has 3 N–H and O–H groups in total. The van der Waals surface area contributed by atoms with Gasteiger partial charge in [0.2, 0.25) is 5.88 Å². The third-order valence-electron chi connectivity index (χ3n) is 2.01. The summed E-state index contributed by atoms with van der Waals surface area (Å²) in [5.41, 5.74) is 5.83. The van der Waals surface area contributed by atoms with E-state index in [0.29, 0.717) is 24.7 Å². The van der Waals surface area contributed by atoms with Crippen LogP contribution in [0.1, 0.15) is 26.3 Å². The van der Waals surface area contributed by atoms with Gasteiger partial charge in [-0.1, -0.05) is 5.16 Å². The molecule has 0 bridgehead atoms. The molecule has 0 aromatic carbocycles. The number of rotatable bonds is 5. The van der Waals surface area contributed by atoms with Gasteiger partial charge in [-0.15, -0.1) is 0 Å². The molecule has 18 heavy (non-hydrogen) atoms. The summed E-state index contributed by atoms with van der Waals surface area (Å²) >= 11 is 0. The Hall–Kier alpha value is -1.82. The standard InChI is InChI=1S/C12H19N3O3/c1-12(2,3)18-7-6-17-10-8-9(4-5-14-10)11(13)15-16/h4-5,8,16H,6-7H2,1-3H3,(H2,13,15). The van der Waals surface area contributed by atoms with Crippen LogP contribution < -0.4 is 10.5 Å². The average molecular weight is 253 g/mol. The molecule has 0 fully saturated rings. The number of pyridine rings is 1. The van der Waals surface area contributed by atoms with Gasteiger partial charge in [0.05, 0.1) is 12.2 Å². The highest BCUT2D eigenvalue weighted by atomic mass is 16.5. The molecule has 0 unspecified atom stereocenters. The van der Waals surface area contributed by atoms with Crippen molar-refractivity contribution >= 4 is 5.84 Å². The molecule has 0 aliphatic rings. The second kappa shape index (κ2) is 6.20. The second-order valence-electron chi connectivity index (χ2n) is 4.68. The number of amidine groups is 1. The maximum absolute atomic E-state index is 8.56. The second-order valence-corrected chi connectivity index (χ2v) is 4.68. The predicted molar refractivity (Wildman–Crippen MR) is 67.9 cm³/mol. The van der Waals surface area contributed by atoms with Gasteiger partial charge in [-0.3, -0.25) is 0 Å². The highest BCUT2D eigenvalue weighted by Gasteiger charge is 2.09. The van der Waals surface area contributed by atoms with Crippen LogP contribution in [-0.4, -0.2) is 34.8 Å². The van der Waals surface area contributed by atoms with Crippen LogP contribution in [0.25, 0.3) is 0 Å². The van der Waals surface area contributed by atoms with Gasteiger partial charge < -0.3 is 20.4 Å². The smallest absolute Gasteiger partial charge is 0.213 e. The lowest BCUT2D eigenvalue weighted by molar-refractivity contribution is -0.0168. The van der Waals surface area contributed by atoms with Crippen molar-refractivity contribution < 1.29 is 14.7 Å². The number of oxime groups is 1. The van der Waals surface area contributed by atoms with Gasteiger partial charge >= 0.3 is 0 Å². The van der Waals surface area contributed by atoms with Crippen molar-refractivity contribution in [3.05, 3.63) is 23.9 Å². The zero-order chi connectivity index (χ0) is 13.6. The lowest BCUT2D eigenvalue weighted by atomic mass is 10.2. The zero-order valence-corrected chi connectivity index (χ0v) is 10.9. The van der Waals surface area contributed by atoms with E-state index in [2.05, 4.69) is 10.1 Å². The lowest BCUT2D eigenvalue weighted by Gasteiger charge is -2.19. The van der Waals surface area contributed by atoms with Crippen LogP contribution in [0.4, 0.5) is 0 Å². The molecular weight excluding hydrogens is 234 g/mol. The Balaban J connectivity index is 2.48. The number of nitrogens with zero attached hydrogens (tertiary/aromatic N) is 2. The molecule has 1 aromatic rings. The van der Waals surface area contributed by atoms with Crippen molar-refractivity contribution in [1.82, 2.24) is 4.98 Å². The minimum atomic E-state index is -0.188.